The van der Waals surface area contributed by atoms with Gasteiger partial charge in [0.2, 0.25) is 0 Å². The molecule has 0 radical (unpaired) electrons. The van der Waals surface area contributed by atoms with Gasteiger partial charge in [-0.15, -0.1) is 0 Å². The minimum absolute atomic E-state index is 0.777. The lowest BCUT2D eigenvalue weighted by molar-refractivity contribution is 0.504. The van der Waals surface area contributed by atoms with Crippen LogP contribution in [0.4, 0.5) is 0 Å². The first-order valence-electron chi connectivity index (χ1n) is 5.10. The van der Waals surface area contributed by atoms with E-state index in [9.17, 15) is 0 Å². The number of allylic oxidation sites excluding steroid dienone is 1. The predicted octanol–water partition coefficient (Wildman–Crippen LogP) is 2.73. The van der Waals surface area contributed by atoms with E-state index in [-0.39, 0.29) is 0 Å². The molecule has 1 fully saturated rings. The summed E-state index contributed by atoms with van der Waals surface area (Å²) >= 11 is 0. The maximum absolute atomic E-state index is 4.07. The van der Waals surface area contributed by atoms with Crippen LogP contribution in [0.5, 0.6) is 0 Å². The quantitative estimate of drug-likeness (QED) is 0.635. The minimum atomic E-state index is 0.777. The molecule has 0 heterocycles. The van der Waals surface area contributed by atoms with E-state index >= 15 is 0 Å². The van der Waals surface area contributed by atoms with E-state index in [1.54, 1.807) is 0 Å². The van der Waals surface area contributed by atoms with Crippen LogP contribution in [0.3, 0.4) is 0 Å². The molecule has 2 atom stereocenters. The van der Waals surface area contributed by atoms with E-state index in [2.05, 4.69) is 25.9 Å². The molecule has 70 valence electrons. The molecule has 1 N–H and O–H groups in total. The van der Waals surface area contributed by atoms with Crippen LogP contribution in [-0.4, -0.2) is 13.1 Å². The largest absolute Gasteiger partial charge is 0.317 e. The maximum Gasteiger partial charge on any atom is 0.00669 e. The van der Waals surface area contributed by atoms with E-state index in [4.69, 9.17) is 0 Å². The van der Waals surface area contributed by atoms with Crippen molar-refractivity contribution in [3.63, 3.8) is 0 Å². The van der Waals surface area contributed by atoms with Crippen molar-refractivity contribution in [2.75, 3.05) is 7.05 Å². The third kappa shape index (κ3) is 2.63. The Kier molecular flexibility index (Phi) is 3.80. The highest BCUT2D eigenvalue weighted by Gasteiger charge is 2.23. The molecule has 1 nitrogen and oxygen atoms in total. The second-order valence-corrected chi connectivity index (χ2v) is 3.97. The average molecular weight is 167 g/mol. The molecule has 0 aromatic rings. The fourth-order valence-corrected chi connectivity index (χ4v) is 2.08. The zero-order valence-electron chi connectivity index (χ0n) is 8.40. The Morgan fingerprint density at radius 2 is 2.25 bits per heavy atom. The highest BCUT2D eigenvalue weighted by Crippen LogP contribution is 2.30. The maximum atomic E-state index is 4.07. The molecule has 1 aliphatic rings. The standard InChI is InChI=1S/C11H21N/c1-4-9(2)7-10-5-6-11(8-10)12-3/h10-12H,2,4-8H2,1,3H3. The van der Waals surface area contributed by atoms with Crippen molar-refractivity contribution in [1.29, 1.82) is 0 Å². The van der Waals surface area contributed by atoms with Gasteiger partial charge in [0.1, 0.15) is 0 Å². The number of hydrogen-bond donors (Lipinski definition) is 1. The summed E-state index contributed by atoms with van der Waals surface area (Å²) in [5.74, 6) is 0.912. The van der Waals surface area contributed by atoms with Gasteiger partial charge in [-0.2, -0.15) is 0 Å². The van der Waals surface area contributed by atoms with Gasteiger partial charge in [0.15, 0.2) is 0 Å². The van der Waals surface area contributed by atoms with Crippen molar-refractivity contribution in [2.45, 2.75) is 45.1 Å². The molecule has 0 aromatic heterocycles. The van der Waals surface area contributed by atoms with E-state index in [1.165, 1.54) is 31.3 Å². The molecule has 0 aliphatic heterocycles. The Morgan fingerprint density at radius 1 is 1.50 bits per heavy atom. The third-order valence-corrected chi connectivity index (χ3v) is 3.03. The summed E-state index contributed by atoms with van der Waals surface area (Å²) in [5, 5.41) is 3.36. The summed E-state index contributed by atoms with van der Waals surface area (Å²) in [6.07, 6.45) is 6.52. The Labute approximate surface area is 76.2 Å². The van der Waals surface area contributed by atoms with Gasteiger partial charge < -0.3 is 5.32 Å². The van der Waals surface area contributed by atoms with Crippen LogP contribution in [0.15, 0.2) is 12.2 Å². The van der Waals surface area contributed by atoms with Gasteiger partial charge in [-0.1, -0.05) is 19.1 Å². The summed E-state index contributed by atoms with van der Waals surface area (Å²) < 4.78 is 0. The molecule has 1 saturated carbocycles. The minimum Gasteiger partial charge on any atom is -0.317 e. The first-order valence-corrected chi connectivity index (χ1v) is 5.10. The molecule has 2 unspecified atom stereocenters. The van der Waals surface area contributed by atoms with Crippen molar-refractivity contribution in [1.82, 2.24) is 5.32 Å². The van der Waals surface area contributed by atoms with E-state index in [1.807, 2.05) is 0 Å². The monoisotopic (exact) mass is 167 g/mol. The van der Waals surface area contributed by atoms with Crippen LogP contribution in [0.2, 0.25) is 0 Å². The fraction of sp³-hybridized carbons (Fsp3) is 0.818. The number of rotatable bonds is 4. The van der Waals surface area contributed by atoms with Crippen molar-refractivity contribution >= 4 is 0 Å². The highest BCUT2D eigenvalue weighted by atomic mass is 14.9. The third-order valence-electron chi connectivity index (χ3n) is 3.03. The van der Waals surface area contributed by atoms with Crippen LogP contribution in [0, 0.1) is 5.92 Å². The number of hydrogen-bond acceptors (Lipinski definition) is 1. The molecule has 12 heavy (non-hydrogen) atoms. The van der Waals surface area contributed by atoms with Gasteiger partial charge >= 0.3 is 0 Å². The summed E-state index contributed by atoms with van der Waals surface area (Å²) in [7, 11) is 2.07. The van der Waals surface area contributed by atoms with Crippen LogP contribution in [0.1, 0.15) is 39.0 Å². The SMILES string of the molecule is C=C(CC)CC1CCC(NC)C1. The van der Waals surface area contributed by atoms with Gasteiger partial charge in [-0.25, -0.2) is 0 Å². The van der Waals surface area contributed by atoms with E-state index in [0.29, 0.717) is 0 Å². The zero-order valence-corrected chi connectivity index (χ0v) is 8.40. The lowest BCUT2D eigenvalue weighted by atomic mass is 9.97. The lowest BCUT2D eigenvalue weighted by Gasteiger charge is -2.11. The fourth-order valence-electron chi connectivity index (χ4n) is 2.08. The van der Waals surface area contributed by atoms with Gasteiger partial charge in [-0.3, -0.25) is 0 Å². The van der Waals surface area contributed by atoms with E-state index < -0.39 is 0 Å². The van der Waals surface area contributed by atoms with Gasteiger partial charge in [0.25, 0.3) is 0 Å². The molecular weight excluding hydrogens is 146 g/mol. The molecule has 0 bridgehead atoms. The molecule has 0 spiro atoms. The molecule has 1 rings (SSSR count). The molecule has 1 aliphatic carbocycles. The summed E-state index contributed by atoms with van der Waals surface area (Å²) in [6.45, 7) is 6.27. The van der Waals surface area contributed by atoms with Gasteiger partial charge in [0.05, 0.1) is 0 Å². The molecule has 0 aromatic carbocycles. The van der Waals surface area contributed by atoms with Gasteiger partial charge in [-0.05, 0) is 45.1 Å². The highest BCUT2D eigenvalue weighted by molar-refractivity contribution is 4.96. The first-order chi connectivity index (χ1) is 5.76. The normalized spacial score (nSPS) is 29.2. The van der Waals surface area contributed by atoms with Crippen LogP contribution < -0.4 is 5.32 Å². The Bertz CT molecular complexity index is 151. The van der Waals surface area contributed by atoms with Crippen LogP contribution >= 0.6 is 0 Å². The second kappa shape index (κ2) is 4.66. The summed E-state index contributed by atoms with van der Waals surface area (Å²) in [5.41, 5.74) is 1.43. The molecule has 0 saturated heterocycles. The van der Waals surface area contributed by atoms with Crippen molar-refractivity contribution < 1.29 is 0 Å². The number of nitrogens with one attached hydrogen (secondary N) is 1. The topological polar surface area (TPSA) is 12.0 Å². The molecular formula is C11H21N. The van der Waals surface area contributed by atoms with Crippen molar-refractivity contribution in [3.05, 3.63) is 12.2 Å². The Balaban J connectivity index is 2.23. The summed E-state index contributed by atoms with van der Waals surface area (Å²) in [4.78, 5) is 0. The lowest BCUT2D eigenvalue weighted by Crippen LogP contribution is -2.21. The van der Waals surface area contributed by atoms with Crippen LogP contribution in [-0.2, 0) is 0 Å². The van der Waals surface area contributed by atoms with Crippen LogP contribution in [0.25, 0.3) is 0 Å². The van der Waals surface area contributed by atoms with E-state index in [0.717, 1.165) is 18.4 Å². The van der Waals surface area contributed by atoms with Gasteiger partial charge in [0, 0.05) is 6.04 Å². The molecule has 1 heteroatoms. The first kappa shape index (κ1) is 9.79. The Morgan fingerprint density at radius 3 is 2.75 bits per heavy atom. The second-order valence-electron chi connectivity index (χ2n) is 3.97. The predicted molar refractivity (Wildman–Crippen MR) is 54.2 cm³/mol. The zero-order chi connectivity index (χ0) is 8.97. The average Bonchev–Trinajstić information content (AvgIpc) is 2.52. The summed E-state index contributed by atoms with van der Waals surface area (Å²) in [6, 6.07) is 0.777. The van der Waals surface area contributed by atoms with Crippen molar-refractivity contribution in [2.24, 2.45) is 5.92 Å². The smallest absolute Gasteiger partial charge is 0.00669 e. The Hall–Kier alpha value is -0.300. The van der Waals surface area contributed by atoms with Crippen molar-refractivity contribution in [3.8, 4) is 0 Å². The molecule has 0 amide bonds.